The Bertz CT molecular complexity index is 483. The molecular weight excluding hydrogens is 282 g/mol. The minimum atomic E-state index is -0.203. The van der Waals surface area contributed by atoms with E-state index in [1.807, 2.05) is 25.6 Å². The summed E-state index contributed by atoms with van der Waals surface area (Å²) in [7, 11) is 0. The molecule has 0 atom stereocenters. The van der Waals surface area contributed by atoms with Crippen molar-refractivity contribution in [1.82, 2.24) is 9.78 Å². The highest BCUT2D eigenvalue weighted by atomic mass is 35.5. The summed E-state index contributed by atoms with van der Waals surface area (Å²) in [6.07, 6.45) is 3.89. The van der Waals surface area contributed by atoms with Crippen LogP contribution in [-0.4, -0.2) is 27.3 Å². The summed E-state index contributed by atoms with van der Waals surface area (Å²) < 4.78 is 1.44. The molecule has 0 unspecified atom stereocenters. The second kappa shape index (κ2) is 6.66. The third kappa shape index (κ3) is 3.89. The van der Waals surface area contributed by atoms with E-state index in [-0.39, 0.29) is 10.6 Å². The van der Waals surface area contributed by atoms with Crippen molar-refractivity contribution in [2.45, 2.75) is 39.3 Å². The van der Waals surface area contributed by atoms with Crippen LogP contribution in [0.15, 0.2) is 11.0 Å². The van der Waals surface area contributed by atoms with Crippen molar-refractivity contribution in [3.8, 4) is 0 Å². The molecule has 0 aliphatic carbocycles. The Kier molecular flexibility index (Phi) is 5.16. The Morgan fingerprint density at radius 2 is 2.21 bits per heavy atom. The highest BCUT2D eigenvalue weighted by Crippen LogP contribution is 2.23. The number of rotatable bonds is 4. The van der Waals surface area contributed by atoms with E-state index in [9.17, 15) is 4.79 Å². The lowest BCUT2D eigenvalue weighted by Gasteiger charge is -2.24. The topological polar surface area (TPSA) is 46.9 Å². The Morgan fingerprint density at radius 3 is 2.84 bits per heavy atom. The lowest BCUT2D eigenvalue weighted by atomic mass is 10.1. The maximum atomic E-state index is 12.1. The number of nitrogens with one attached hydrogen (secondary N) is 1. The predicted molar refractivity (Wildman–Crippen MR) is 82.3 cm³/mol. The van der Waals surface area contributed by atoms with Crippen molar-refractivity contribution in [2.24, 2.45) is 5.92 Å². The van der Waals surface area contributed by atoms with Gasteiger partial charge in [0.1, 0.15) is 5.02 Å². The van der Waals surface area contributed by atoms with Crippen LogP contribution >= 0.6 is 23.4 Å². The van der Waals surface area contributed by atoms with Gasteiger partial charge in [0.25, 0.3) is 5.56 Å². The van der Waals surface area contributed by atoms with E-state index in [0.717, 1.165) is 24.3 Å². The van der Waals surface area contributed by atoms with E-state index in [2.05, 4.69) is 10.4 Å². The second-order valence-electron chi connectivity index (χ2n) is 5.28. The smallest absolute Gasteiger partial charge is 0.287 e. The van der Waals surface area contributed by atoms with Crippen molar-refractivity contribution in [2.75, 3.05) is 16.8 Å². The van der Waals surface area contributed by atoms with E-state index in [1.165, 1.54) is 4.68 Å². The van der Waals surface area contributed by atoms with Crippen LogP contribution in [0.2, 0.25) is 5.02 Å². The molecule has 0 bridgehead atoms. The molecule has 2 rings (SSSR count). The number of hydrogen-bond acceptors (Lipinski definition) is 4. The summed E-state index contributed by atoms with van der Waals surface area (Å²) in [4.78, 5) is 12.1. The van der Waals surface area contributed by atoms with Crippen molar-refractivity contribution in [3.63, 3.8) is 0 Å². The van der Waals surface area contributed by atoms with Crippen LogP contribution in [-0.2, 0) is 6.54 Å². The molecule has 4 nitrogen and oxygen atoms in total. The quantitative estimate of drug-likeness (QED) is 0.929. The molecule has 106 valence electrons. The molecule has 1 aliphatic heterocycles. The first-order valence-corrected chi connectivity index (χ1v) is 8.21. The van der Waals surface area contributed by atoms with Gasteiger partial charge in [0, 0.05) is 12.6 Å². The molecule has 1 saturated heterocycles. The van der Waals surface area contributed by atoms with Gasteiger partial charge in [0.2, 0.25) is 0 Å². The zero-order valence-electron chi connectivity index (χ0n) is 11.4. The first-order valence-electron chi connectivity index (χ1n) is 6.68. The maximum Gasteiger partial charge on any atom is 0.287 e. The molecule has 1 aromatic heterocycles. The van der Waals surface area contributed by atoms with Crippen LogP contribution in [0.1, 0.15) is 26.7 Å². The normalized spacial score (nSPS) is 16.8. The Morgan fingerprint density at radius 1 is 1.53 bits per heavy atom. The van der Waals surface area contributed by atoms with Crippen molar-refractivity contribution in [1.29, 1.82) is 0 Å². The van der Waals surface area contributed by atoms with E-state index < -0.39 is 0 Å². The number of hydrogen-bond donors (Lipinski definition) is 1. The molecule has 0 radical (unpaired) electrons. The van der Waals surface area contributed by atoms with Gasteiger partial charge in [-0.2, -0.15) is 16.9 Å². The van der Waals surface area contributed by atoms with Gasteiger partial charge in [0.05, 0.1) is 11.9 Å². The van der Waals surface area contributed by atoms with Crippen molar-refractivity contribution >= 4 is 29.1 Å². The summed E-state index contributed by atoms with van der Waals surface area (Å²) in [5, 5.41) is 7.80. The lowest BCUT2D eigenvalue weighted by molar-refractivity contribution is 0.464. The van der Waals surface area contributed by atoms with Crippen molar-refractivity contribution in [3.05, 3.63) is 21.6 Å². The van der Waals surface area contributed by atoms with E-state index in [1.54, 1.807) is 6.20 Å². The maximum absolute atomic E-state index is 12.1. The largest absolute Gasteiger partial charge is 0.380 e. The summed E-state index contributed by atoms with van der Waals surface area (Å²) in [5.41, 5.74) is 0.467. The van der Waals surface area contributed by atoms with Gasteiger partial charge < -0.3 is 5.32 Å². The SMILES string of the molecule is CC(C)Cn1ncc(NC2CCSCC2)c(Cl)c1=O. The monoisotopic (exact) mass is 301 g/mol. The van der Waals surface area contributed by atoms with Crippen LogP contribution in [0.25, 0.3) is 0 Å². The Hall–Kier alpha value is -0.680. The molecule has 1 N–H and O–H groups in total. The number of thioether (sulfide) groups is 1. The summed E-state index contributed by atoms with van der Waals surface area (Å²) >= 11 is 8.13. The van der Waals surface area contributed by atoms with Crippen LogP contribution < -0.4 is 10.9 Å². The van der Waals surface area contributed by atoms with Gasteiger partial charge in [-0.25, -0.2) is 4.68 Å². The fourth-order valence-electron chi connectivity index (χ4n) is 2.10. The van der Waals surface area contributed by atoms with Crippen LogP contribution in [0, 0.1) is 5.92 Å². The zero-order chi connectivity index (χ0) is 13.8. The number of aromatic nitrogens is 2. The highest BCUT2D eigenvalue weighted by Gasteiger charge is 2.16. The Balaban J connectivity index is 2.13. The van der Waals surface area contributed by atoms with Gasteiger partial charge >= 0.3 is 0 Å². The molecule has 0 amide bonds. The van der Waals surface area contributed by atoms with E-state index >= 15 is 0 Å². The summed E-state index contributed by atoms with van der Waals surface area (Å²) in [6.45, 7) is 4.70. The number of halogens is 1. The first-order chi connectivity index (χ1) is 9.08. The molecule has 1 aliphatic rings. The minimum absolute atomic E-state index is 0.203. The van der Waals surface area contributed by atoms with Gasteiger partial charge in [-0.3, -0.25) is 4.79 Å². The molecule has 0 saturated carbocycles. The third-order valence-corrected chi connectivity index (χ3v) is 4.52. The molecule has 19 heavy (non-hydrogen) atoms. The fourth-order valence-corrected chi connectivity index (χ4v) is 3.41. The first kappa shape index (κ1) is 14.7. The molecule has 0 aromatic carbocycles. The third-order valence-electron chi connectivity index (χ3n) is 3.10. The average molecular weight is 302 g/mol. The van der Waals surface area contributed by atoms with Crippen molar-refractivity contribution < 1.29 is 0 Å². The highest BCUT2D eigenvalue weighted by molar-refractivity contribution is 7.99. The average Bonchev–Trinajstić information content (AvgIpc) is 2.39. The molecule has 1 aromatic rings. The van der Waals surface area contributed by atoms with Crippen LogP contribution in [0.3, 0.4) is 0 Å². The summed E-state index contributed by atoms with van der Waals surface area (Å²) in [5.74, 6) is 2.69. The van der Waals surface area contributed by atoms with E-state index in [0.29, 0.717) is 24.2 Å². The van der Waals surface area contributed by atoms with Gasteiger partial charge in [0.15, 0.2) is 0 Å². The van der Waals surface area contributed by atoms with Gasteiger partial charge in [-0.1, -0.05) is 25.4 Å². The van der Waals surface area contributed by atoms with Crippen LogP contribution in [0.4, 0.5) is 5.69 Å². The summed E-state index contributed by atoms with van der Waals surface area (Å²) in [6, 6.07) is 0.404. The van der Waals surface area contributed by atoms with Gasteiger partial charge in [-0.05, 0) is 30.3 Å². The van der Waals surface area contributed by atoms with Gasteiger partial charge in [-0.15, -0.1) is 0 Å². The van der Waals surface area contributed by atoms with E-state index in [4.69, 9.17) is 11.6 Å². The zero-order valence-corrected chi connectivity index (χ0v) is 12.9. The predicted octanol–water partition coefficient (Wildman–Crippen LogP) is 2.86. The molecule has 2 heterocycles. The molecular formula is C13H20ClN3OS. The number of anilines is 1. The Labute approximate surface area is 122 Å². The molecule has 0 spiro atoms. The molecule has 1 fully saturated rings. The minimum Gasteiger partial charge on any atom is -0.380 e. The van der Waals surface area contributed by atoms with Crippen LogP contribution in [0.5, 0.6) is 0 Å². The molecule has 6 heteroatoms. The number of nitrogens with zero attached hydrogens (tertiary/aromatic N) is 2. The second-order valence-corrected chi connectivity index (χ2v) is 6.89. The fraction of sp³-hybridized carbons (Fsp3) is 0.692. The standard InChI is InChI=1S/C13H20ClN3OS/c1-9(2)8-17-13(18)12(14)11(7-15-17)16-10-3-5-19-6-4-10/h7,9-10,16H,3-6,8H2,1-2H3. The lowest BCUT2D eigenvalue weighted by Crippen LogP contribution is -2.29.